The Balaban J connectivity index is 2.28. The summed E-state index contributed by atoms with van der Waals surface area (Å²) in [4.78, 5) is 11.3. The Morgan fingerprint density at radius 3 is 2.42 bits per heavy atom. The fourth-order valence-corrected chi connectivity index (χ4v) is 1.99. The highest BCUT2D eigenvalue weighted by Gasteiger charge is 2.01. The van der Waals surface area contributed by atoms with Crippen LogP contribution in [0.3, 0.4) is 0 Å². The zero-order valence-corrected chi connectivity index (χ0v) is 12.0. The molecule has 0 unspecified atom stereocenters. The standard InChI is InChI=1S/C16H25NO2/c1-13(2)12-15-7-5-14(6-8-15)9-10-17-16(19)4-3-11-18/h5-8,13,18H,3-4,9-12H2,1-2H3,(H,17,19). The van der Waals surface area contributed by atoms with Crippen molar-refractivity contribution in [1.82, 2.24) is 5.32 Å². The van der Waals surface area contributed by atoms with Gasteiger partial charge in [0.2, 0.25) is 5.91 Å². The molecule has 0 saturated heterocycles. The Bertz CT molecular complexity index is 371. The average molecular weight is 263 g/mol. The number of rotatable bonds is 8. The third-order valence-electron chi connectivity index (χ3n) is 2.96. The smallest absolute Gasteiger partial charge is 0.220 e. The topological polar surface area (TPSA) is 49.3 Å². The van der Waals surface area contributed by atoms with E-state index in [2.05, 4.69) is 43.4 Å². The van der Waals surface area contributed by atoms with Crippen molar-refractivity contribution < 1.29 is 9.90 Å². The molecule has 0 aliphatic rings. The zero-order valence-electron chi connectivity index (χ0n) is 12.0. The van der Waals surface area contributed by atoms with E-state index in [1.54, 1.807) is 0 Å². The lowest BCUT2D eigenvalue weighted by atomic mass is 10.0. The van der Waals surface area contributed by atoms with E-state index in [9.17, 15) is 4.79 Å². The molecule has 1 aromatic rings. The maximum atomic E-state index is 11.3. The highest BCUT2D eigenvalue weighted by Crippen LogP contribution is 2.10. The van der Waals surface area contributed by atoms with E-state index in [-0.39, 0.29) is 12.5 Å². The maximum absolute atomic E-state index is 11.3. The van der Waals surface area contributed by atoms with Crippen molar-refractivity contribution in [3.8, 4) is 0 Å². The van der Waals surface area contributed by atoms with Crippen LogP contribution in [0.4, 0.5) is 0 Å². The molecular formula is C16H25NO2. The summed E-state index contributed by atoms with van der Waals surface area (Å²) in [5, 5.41) is 11.5. The maximum Gasteiger partial charge on any atom is 0.220 e. The van der Waals surface area contributed by atoms with Crippen molar-refractivity contribution >= 4 is 5.91 Å². The van der Waals surface area contributed by atoms with Gasteiger partial charge in [-0.2, -0.15) is 0 Å². The van der Waals surface area contributed by atoms with Gasteiger partial charge in [0, 0.05) is 19.6 Å². The minimum atomic E-state index is 0.0190. The van der Waals surface area contributed by atoms with E-state index in [0.29, 0.717) is 25.3 Å². The molecule has 0 saturated carbocycles. The van der Waals surface area contributed by atoms with Gasteiger partial charge in [-0.05, 0) is 36.3 Å². The Morgan fingerprint density at radius 2 is 1.84 bits per heavy atom. The highest BCUT2D eigenvalue weighted by molar-refractivity contribution is 5.75. The van der Waals surface area contributed by atoms with Gasteiger partial charge in [0.05, 0.1) is 0 Å². The van der Waals surface area contributed by atoms with Crippen LogP contribution in [-0.2, 0) is 17.6 Å². The largest absolute Gasteiger partial charge is 0.396 e. The molecule has 106 valence electrons. The SMILES string of the molecule is CC(C)Cc1ccc(CCNC(=O)CCCO)cc1. The van der Waals surface area contributed by atoms with Crippen molar-refractivity contribution in [3.63, 3.8) is 0 Å². The third kappa shape index (κ3) is 6.97. The molecule has 1 aromatic carbocycles. The molecule has 2 N–H and O–H groups in total. The molecule has 3 heteroatoms. The van der Waals surface area contributed by atoms with Crippen molar-refractivity contribution in [3.05, 3.63) is 35.4 Å². The molecule has 1 rings (SSSR count). The first-order chi connectivity index (χ1) is 9.11. The highest BCUT2D eigenvalue weighted by atomic mass is 16.3. The van der Waals surface area contributed by atoms with Crippen LogP contribution in [0.2, 0.25) is 0 Å². The van der Waals surface area contributed by atoms with Crippen LogP contribution in [0, 0.1) is 5.92 Å². The number of aliphatic hydroxyl groups excluding tert-OH is 1. The van der Waals surface area contributed by atoms with Gasteiger partial charge in [-0.25, -0.2) is 0 Å². The monoisotopic (exact) mass is 263 g/mol. The quantitative estimate of drug-likeness (QED) is 0.756. The zero-order chi connectivity index (χ0) is 14.1. The first-order valence-electron chi connectivity index (χ1n) is 7.07. The van der Waals surface area contributed by atoms with E-state index >= 15 is 0 Å². The molecule has 0 spiro atoms. The lowest BCUT2D eigenvalue weighted by Crippen LogP contribution is -2.25. The van der Waals surface area contributed by atoms with E-state index in [4.69, 9.17) is 5.11 Å². The van der Waals surface area contributed by atoms with Gasteiger partial charge in [-0.15, -0.1) is 0 Å². The van der Waals surface area contributed by atoms with E-state index in [1.165, 1.54) is 11.1 Å². The second-order valence-electron chi connectivity index (χ2n) is 5.34. The Kier molecular flexibility index (Phi) is 7.19. The molecular weight excluding hydrogens is 238 g/mol. The molecule has 0 atom stereocenters. The van der Waals surface area contributed by atoms with Crippen LogP contribution in [0.25, 0.3) is 0 Å². The molecule has 0 radical (unpaired) electrons. The average Bonchev–Trinajstić information content (AvgIpc) is 2.38. The summed E-state index contributed by atoms with van der Waals surface area (Å²) in [5.74, 6) is 0.696. The van der Waals surface area contributed by atoms with Gasteiger partial charge in [0.15, 0.2) is 0 Å². The molecule has 3 nitrogen and oxygen atoms in total. The first kappa shape index (κ1) is 15.7. The third-order valence-corrected chi connectivity index (χ3v) is 2.96. The van der Waals surface area contributed by atoms with E-state index < -0.39 is 0 Å². The number of amides is 1. The molecule has 1 amide bonds. The molecule has 19 heavy (non-hydrogen) atoms. The predicted octanol–water partition coefficient (Wildman–Crippen LogP) is 2.32. The van der Waals surface area contributed by atoms with Crippen LogP contribution in [-0.4, -0.2) is 24.2 Å². The fraction of sp³-hybridized carbons (Fsp3) is 0.562. The molecule has 0 fully saturated rings. The summed E-state index contributed by atoms with van der Waals surface area (Å²) in [6, 6.07) is 8.61. The van der Waals surface area contributed by atoms with Crippen LogP contribution in [0.1, 0.15) is 37.8 Å². The second kappa shape index (κ2) is 8.70. The summed E-state index contributed by atoms with van der Waals surface area (Å²) in [6.07, 6.45) is 2.91. The minimum absolute atomic E-state index is 0.0190. The summed E-state index contributed by atoms with van der Waals surface area (Å²) in [5.41, 5.74) is 2.61. The summed E-state index contributed by atoms with van der Waals surface area (Å²) < 4.78 is 0. The first-order valence-corrected chi connectivity index (χ1v) is 7.07. The van der Waals surface area contributed by atoms with Crippen molar-refractivity contribution in [1.29, 1.82) is 0 Å². The Morgan fingerprint density at radius 1 is 1.21 bits per heavy atom. The molecule has 0 heterocycles. The number of hydrogen-bond acceptors (Lipinski definition) is 2. The minimum Gasteiger partial charge on any atom is -0.396 e. The number of aliphatic hydroxyl groups is 1. The van der Waals surface area contributed by atoms with Crippen LogP contribution >= 0.6 is 0 Å². The van der Waals surface area contributed by atoms with E-state index in [1.807, 2.05) is 0 Å². The number of nitrogens with one attached hydrogen (secondary N) is 1. The van der Waals surface area contributed by atoms with Crippen LogP contribution in [0.15, 0.2) is 24.3 Å². The molecule has 0 aromatic heterocycles. The Labute approximate surface area is 116 Å². The number of hydrogen-bond donors (Lipinski definition) is 2. The normalized spacial score (nSPS) is 10.7. The lowest BCUT2D eigenvalue weighted by Gasteiger charge is -2.07. The van der Waals surface area contributed by atoms with Gasteiger partial charge >= 0.3 is 0 Å². The van der Waals surface area contributed by atoms with Crippen molar-refractivity contribution in [2.24, 2.45) is 5.92 Å². The summed E-state index contributed by atoms with van der Waals surface area (Å²) in [6.45, 7) is 5.17. The van der Waals surface area contributed by atoms with Crippen LogP contribution < -0.4 is 5.32 Å². The number of carbonyl (C=O) groups excluding carboxylic acids is 1. The second-order valence-corrected chi connectivity index (χ2v) is 5.34. The molecule has 0 bridgehead atoms. The lowest BCUT2D eigenvalue weighted by molar-refractivity contribution is -0.121. The van der Waals surface area contributed by atoms with Gasteiger partial charge in [-0.3, -0.25) is 4.79 Å². The van der Waals surface area contributed by atoms with Gasteiger partial charge in [-0.1, -0.05) is 38.1 Å². The number of carbonyl (C=O) groups is 1. The number of benzene rings is 1. The summed E-state index contributed by atoms with van der Waals surface area (Å²) >= 11 is 0. The Hall–Kier alpha value is -1.35. The van der Waals surface area contributed by atoms with Gasteiger partial charge in [0.25, 0.3) is 0 Å². The van der Waals surface area contributed by atoms with Crippen LogP contribution in [0.5, 0.6) is 0 Å². The summed E-state index contributed by atoms with van der Waals surface area (Å²) in [7, 11) is 0. The van der Waals surface area contributed by atoms with E-state index in [0.717, 1.165) is 12.8 Å². The van der Waals surface area contributed by atoms with Crippen molar-refractivity contribution in [2.75, 3.05) is 13.2 Å². The molecule has 0 aliphatic carbocycles. The predicted molar refractivity (Wildman–Crippen MR) is 78.0 cm³/mol. The van der Waals surface area contributed by atoms with Gasteiger partial charge in [0.1, 0.15) is 0 Å². The van der Waals surface area contributed by atoms with Crippen molar-refractivity contribution in [2.45, 2.75) is 39.5 Å². The fourth-order valence-electron chi connectivity index (χ4n) is 1.99. The van der Waals surface area contributed by atoms with Gasteiger partial charge < -0.3 is 10.4 Å². The molecule has 0 aliphatic heterocycles.